The topological polar surface area (TPSA) is 73.9 Å². The first-order chi connectivity index (χ1) is 7.33. The van der Waals surface area contributed by atoms with Crippen LogP contribution in [-0.2, 0) is 0 Å². The molecule has 76 valence electrons. The molecule has 1 aromatic carbocycles. The van der Waals surface area contributed by atoms with E-state index in [1.54, 1.807) is 7.11 Å². The second kappa shape index (κ2) is 3.91. The average Bonchev–Trinajstić information content (AvgIpc) is 2.30. The molecule has 1 heterocycles. The first-order valence-corrected chi connectivity index (χ1v) is 4.39. The second-order valence-corrected chi connectivity index (χ2v) is 2.89. The summed E-state index contributed by atoms with van der Waals surface area (Å²) < 4.78 is 5.20. The Hall–Kier alpha value is -2.17. The van der Waals surface area contributed by atoms with Gasteiger partial charge in [0.2, 0.25) is 0 Å². The molecule has 5 heteroatoms. The van der Waals surface area contributed by atoms with E-state index in [4.69, 9.17) is 10.5 Å². The maximum absolute atomic E-state index is 5.71. The highest BCUT2D eigenvalue weighted by molar-refractivity contribution is 5.74. The number of ether oxygens (including phenoxy) is 1. The van der Waals surface area contributed by atoms with Crippen molar-refractivity contribution in [2.24, 2.45) is 0 Å². The van der Waals surface area contributed by atoms with Crippen molar-refractivity contribution in [3.05, 3.63) is 30.6 Å². The van der Waals surface area contributed by atoms with Gasteiger partial charge in [-0.2, -0.15) is 0 Å². The molecule has 0 atom stereocenters. The number of hydrogen-bond acceptors (Lipinski definition) is 5. The van der Waals surface area contributed by atoms with E-state index in [0.717, 1.165) is 5.56 Å². The van der Waals surface area contributed by atoms with Crippen molar-refractivity contribution in [1.82, 2.24) is 15.2 Å². The van der Waals surface area contributed by atoms with Gasteiger partial charge >= 0.3 is 0 Å². The van der Waals surface area contributed by atoms with E-state index in [2.05, 4.69) is 15.2 Å². The zero-order valence-electron chi connectivity index (χ0n) is 8.21. The Bertz CT molecular complexity index is 472. The Labute approximate surface area is 86.9 Å². The van der Waals surface area contributed by atoms with E-state index in [-0.39, 0.29) is 0 Å². The maximum atomic E-state index is 5.71. The van der Waals surface area contributed by atoms with Crippen LogP contribution in [0.2, 0.25) is 0 Å². The largest absolute Gasteiger partial charge is 0.496 e. The monoisotopic (exact) mass is 202 g/mol. The summed E-state index contributed by atoms with van der Waals surface area (Å²) in [5.74, 6) is 1.04. The van der Waals surface area contributed by atoms with E-state index < -0.39 is 0 Å². The summed E-state index contributed by atoms with van der Waals surface area (Å²) in [7, 11) is 1.60. The molecule has 2 rings (SSSR count). The first kappa shape index (κ1) is 9.39. The molecule has 0 amide bonds. The number of nitrogen functional groups attached to an aromatic ring is 1. The van der Waals surface area contributed by atoms with Crippen LogP contribution < -0.4 is 10.5 Å². The van der Waals surface area contributed by atoms with E-state index in [1.165, 1.54) is 6.33 Å². The van der Waals surface area contributed by atoms with Crippen LogP contribution in [-0.4, -0.2) is 22.3 Å². The van der Waals surface area contributed by atoms with E-state index >= 15 is 0 Å². The molecule has 0 saturated carbocycles. The third-order valence-corrected chi connectivity index (χ3v) is 2.01. The number of hydrogen-bond donors (Lipinski definition) is 1. The molecule has 5 nitrogen and oxygen atoms in total. The van der Waals surface area contributed by atoms with Crippen LogP contribution in [0.1, 0.15) is 0 Å². The number of nitrogens with zero attached hydrogens (tertiary/aromatic N) is 3. The van der Waals surface area contributed by atoms with Gasteiger partial charge < -0.3 is 10.5 Å². The van der Waals surface area contributed by atoms with Crippen LogP contribution in [0.4, 0.5) is 5.82 Å². The SMILES string of the molecule is COc1ccccc1-c1nncnc1N. The molecule has 0 unspecified atom stereocenters. The van der Waals surface area contributed by atoms with Crippen LogP contribution in [0.5, 0.6) is 5.75 Å². The standard InChI is InChI=1S/C10H10N4O/c1-15-8-5-3-2-4-7(8)9-10(11)12-6-13-14-9/h2-6H,1H3,(H2,11,12,13). The molecule has 0 spiro atoms. The molecular formula is C10H10N4O. The quantitative estimate of drug-likeness (QED) is 0.790. The zero-order valence-corrected chi connectivity index (χ0v) is 8.21. The molecule has 0 fully saturated rings. The lowest BCUT2D eigenvalue weighted by Crippen LogP contribution is -1.99. The number of aromatic nitrogens is 3. The number of nitrogens with two attached hydrogens (primary N) is 1. The molecule has 15 heavy (non-hydrogen) atoms. The number of anilines is 1. The second-order valence-electron chi connectivity index (χ2n) is 2.89. The summed E-state index contributed by atoms with van der Waals surface area (Å²) in [6, 6.07) is 7.46. The normalized spacial score (nSPS) is 9.93. The van der Waals surface area contributed by atoms with Gasteiger partial charge in [-0.05, 0) is 12.1 Å². The third-order valence-electron chi connectivity index (χ3n) is 2.01. The summed E-state index contributed by atoms with van der Waals surface area (Å²) >= 11 is 0. The average molecular weight is 202 g/mol. The molecule has 1 aromatic heterocycles. The van der Waals surface area contributed by atoms with Crippen molar-refractivity contribution in [2.75, 3.05) is 12.8 Å². The van der Waals surface area contributed by atoms with Crippen LogP contribution in [0.3, 0.4) is 0 Å². The van der Waals surface area contributed by atoms with Gasteiger partial charge in [-0.25, -0.2) is 4.98 Å². The van der Waals surface area contributed by atoms with Crippen molar-refractivity contribution >= 4 is 5.82 Å². The predicted octanol–water partition coefficient (Wildman–Crippen LogP) is 1.13. The van der Waals surface area contributed by atoms with Crippen LogP contribution in [0.15, 0.2) is 30.6 Å². The van der Waals surface area contributed by atoms with Gasteiger partial charge in [0.15, 0.2) is 5.82 Å². The number of rotatable bonds is 2. The molecule has 0 radical (unpaired) electrons. The van der Waals surface area contributed by atoms with Crippen molar-refractivity contribution in [3.63, 3.8) is 0 Å². The lowest BCUT2D eigenvalue weighted by atomic mass is 10.1. The van der Waals surface area contributed by atoms with Crippen molar-refractivity contribution in [1.29, 1.82) is 0 Å². The van der Waals surface area contributed by atoms with Gasteiger partial charge in [-0.15, -0.1) is 10.2 Å². The number of benzene rings is 1. The number of para-hydroxylation sites is 1. The summed E-state index contributed by atoms with van der Waals surface area (Å²) in [5, 5.41) is 7.64. The highest BCUT2D eigenvalue weighted by Gasteiger charge is 2.10. The third kappa shape index (κ3) is 1.71. The van der Waals surface area contributed by atoms with E-state index in [1.807, 2.05) is 24.3 Å². The van der Waals surface area contributed by atoms with Crippen molar-refractivity contribution in [2.45, 2.75) is 0 Å². The predicted molar refractivity (Wildman–Crippen MR) is 56.2 cm³/mol. The Morgan fingerprint density at radius 1 is 1.27 bits per heavy atom. The lowest BCUT2D eigenvalue weighted by molar-refractivity contribution is 0.416. The van der Waals surface area contributed by atoms with Gasteiger partial charge in [0.25, 0.3) is 0 Å². The van der Waals surface area contributed by atoms with Gasteiger partial charge in [0.05, 0.1) is 7.11 Å². The molecule has 2 aromatic rings. The fourth-order valence-electron chi connectivity index (χ4n) is 1.32. The fraction of sp³-hybridized carbons (Fsp3) is 0.100. The molecular weight excluding hydrogens is 192 g/mol. The zero-order chi connectivity index (χ0) is 10.7. The van der Waals surface area contributed by atoms with Gasteiger partial charge in [0.1, 0.15) is 17.8 Å². The minimum absolute atomic E-state index is 0.342. The smallest absolute Gasteiger partial charge is 0.153 e. The maximum Gasteiger partial charge on any atom is 0.153 e. The summed E-state index contributed by atoms with van der Waals surface area (Å²) in [4.78, 5) is 3.88. The summed E-state index contributed by atoms with van der Waals surface area (Å²) in [6.07, 6.45) is 1.31. The first-order valence-electron chi connectivity index (χ1n) is 4.39. The van der Waals surface area contributed by atoms with E-state index in [0.29, 0.717) is 17.3 Å². The number of methoxy groups -OCH3 is 1. The Morgan fingerprint density at radius 3 is 2.80 bits per heavy atom. The van der Waals surface area contributed by atoms with Crippen LogP contribution in [0.25, 0.3) is 11.3 Å². The summed E-state index contributed by atoms with van der Waals surface area (Å²) in [6.45, 7) is 0. The van der Waals surface area contributed by atoms with Crippen LogP contribution in [0, 0.1) is 0 Å². The van der Waals surface area contributed by atoms with Gasteiger partial charge in [0, 0.05) is 5.56 Å². The Morgan fingerprint density at radius 2 is 2.07 bits per heavy atom. The minimum Gasteiger partial charge on any atom is -0.496 e. The molecule has 0 aliphatic rings. The van der Waals surface area contributed by atoms with Crippen molar-refractivity contribution in [3.8, 4) is 17.0 Å². The minimum atomic E-state index is 0.342. The molecule has 0 aliphatic carbocycles. The lowest BCUT2D eigenvalue weighted by Gasteiger charge is -2.07. The molecule has 0 aliphatic heterocycles. The Balaban J connectivity index is 2.59. The fourth-order valence-corrected chi connectivity index (χ4v) is 1.32. The van der Waals surface area contributed by atoms with Gasteiger partial charge in [-0.3, -0.25) is 0 Å². The van der Waals surface area contributed by atoms with E-state index in [9.17, 15) is 0 Å². The van der Waals surface area contributed by atoms with Crippen LogP contribution >= 0.6 is 0 Å². The Kier molecular flexibility index (Phi) is 2.45. The molecule has 2 N–H and O–H groups in total. The summed E-state index contributed by atoms with van der Waals surface area (Å²) in [5.41, 5.74) is 7.03. The highest BCUT2D eigenvalue weighted by atomic mass is 16.5. The van der Waals surface area contributed by atoms with Crippen molar-refractivity contribution < 1.29 is 4.74 Å². The van der Waals surface area contributed by atoms with Gasteiger partial charge in [-0.1, -0.05) is 12.1 Å². The molecule has 0 saturated heterocycles. The highest BCUT2D eigenvalue weighted by Crippen LogP contribution is 2.29. The molecule has 0 bridgehead atoms.